The summed E-state index contributed by atoms with van der Waals surface area (Å²) in [7, 11) is 0. The van der Waals surface area contributed by atoms with Gasteiger partial charge in [-0.25, -0.2) is 0 Å². The maximum Gasteiger partial charge on any atom is 0.162 e. The molecule has 3 heteroatoms. The molecule has 0 aliphatic rings. The number of carbonyl (C=O) groups is 2. The first-order valence-corrected chi connectivity index (χ1v) is 5.30. The minimum Gasteiger partial charge on any atom is -0.362 e. The maximum absolute atomic E-state index is 11.1. The van der Waals surface area contributed by atoms with Gasteiger partial charge in [0.25, 0.3) is 0 Å². The Kier molecular flexibility index (Phi) is 4.88. The van der Waals surface area contributed by atoms with Crippen molar-refractivity contribution in [2.45, 2.75) is 13.3 Å². The zero-order valence-corrected chi connectivity index (χ0v) is 9.77. The monoisotopic (exact) mass is 229 g/mol. The lowest BCUT2D eigenvalue weighted by Gasteiger charge is -2.06. The van der Waals surface area contributed by atoms with Crippen molar-refractivity contribution in [1.82, 2.24) is 0 Å². The van der Waals surface area contributed by atoms with Gasteiger partial charge >= 0.3 is 0 Å². The molecular formula is C14H15NO2. The molecule has 0 bridgehead atoms. The molecule has 1 aromatic rings. The van der Waals surface area contributed by atoms with Gasteiger partial charge in [0.15, 0.2) is 5.78 Å². The predicted molar refractivity (Wildman–Crippen MR) is 69.7 cm³/mol. The summed E-state index contributed by atoms with van der Waals surface area (Å²) in [5.41, 5.74) is 2.95. The lowest BCUT2D eigenvalue weighted by molar-refractivity contribution is -0.118. The summed E-state index contributed by atoms with van der Waals surface area (Å²) < 4.78 is 0. The number of benzene rings is 1. The van der Waals surface area contributed by atoms with Crippen molar-refractivity contribution >= 4 is 23.8 Å². The van der Waals surface area contributed by atoms with E-state index in [1.165, 1.54) is 6.08 Å². The normalized spacial score (nSPS) is 10.2. The Hall–Kier alpha value is -2.16. The highest BCUT2D eigenvalue weighted by Crippen LogP contribution is 2.17. The first-order chi connectivity index (χ1) is 8.17. The number of rotatable bonds is 6. The van der Waals surface area contributed by atoms with Gasteiger partial charge in [0.2, 0.25) is 0 Å². The first-order valence-electron chi connectivity index (χ1n) is 5.30. The van der Waals surface area contributed by atoms with Crippen LogP contribution >= 0.6 is 0 Å². The van der Waals surface area contributed by atoms with E-state index in [0.717, 1.165) is 16.8 Å². The molecule has 0 heterocycles. The van der Waals surface area contributed by atoms with Crippen LogP contribution in [0.25, 0.3) is 6.08 Å². The third-order valence-electron chi connectivity index (χ3n) is 2.27. The van der Waals surface area contributed by atoms with E-state index >= 15 is 0 Å². The molecule has 0 aliphatic heterocycles. The van der Waals surface area contributed by atoms with Crippen LogP contribution < -0.4 is 5.32 Å². The number of anilines is 1. The summed E-state index contributed by atoms with van der Waals surface area (Å²) >= 11 is 0. The average molecular weight is 229 g/mol. The molecule has 0 saturated heterocycles. The van der Waals surface area contributed by atoms with Gasteiger partial charge in [-0.15, -0.1) is 0 Å². The summed E-state index contributed by atoms with van der Waals surface area (Å²) in [6.07, 6.45) is 5.25. The number of aldehydes is 1. The smallest absolute Gasteiger partial charge is 0.162 e. The molecule has 3 nitrogen and oxygen atoms in total. The molecule has 0 spiro atoms. The van der Waals surface area contributed by atoms with E-state index < -0.39 is 0 Å². The SMILES string of the molecule is C=CNc1cc(/C=C/C(=O)CC=O)ccc1C. The summed E-state index contributed by atoms with van der Waals surface area (Å²) in [5, 5.41) is 3.02. The summed E-state index contributed by atoms with van der Waals surface area (Å²) in [6, 6.07) is 5.78. The van der Waals surface area contributed by atoms with E-state index in [-0.39, 0.29) is 12.2 Å². The standard InChI is InChI=1S/C14H15NO2/c1-3-15-14-10-12(5-4-11(14)2)6-7-13(17)8-9-16/h3-7,9-10,15H,1,8H2,2H3/b7-6+. The van der Waals surface area contributed by atoms with Crippen LogP contribution in [0.3, 0.4) is 0 Å². The molecule has 1 aromatic carbocycles. The Bertz CT molecular complexity index is 461. The van der Waals surface area contributed by atoms with E-state index in [1.54, 1.807) is 12.3 Å². The van der Waals surface area contributed by atoms with Crippen molar-refractivity contribution in [3.63, 3.8) is 0 Å². The van der Waals surface area contributed by atoms with Gasteiger partial charge in [-0.2, -0.15) is 0 Å². The van der Waals surface area contributed by atoms with Crippen molar-refractivity contribution in [3.8, 4) is 0 Å². The highest BCUT2D eigenvalue weighted by molar-refractivity contribution is 6.00. The van der Waals surface area contributed by atoms with Crippen molar-refractivity contribution in [3.05, 3.63) is 48.2 Å². The minimum absolute atomic E-state index is 0.0693. The van der Waals surface area contributed by atoms with Crippen LogP contribution in [0.15, 0.2) is 37.1 Å². The van der Waals surface area contributed by atoms with E-state index in [0.29, 0.717) is 6.29 Å². The van der Waals surface area contributed by atoms with E-state index in [4.69, 9.17) is 0 Å². The van der Waals surface area contributed by atoms with Crippen molar-refractivity contribution < 1.29 is 9.59 Å². The summed E-state index contributed by atoms with van der Waals surface area (Å²) in [4.78, 5) is 21.3. The lowest BCUT2D eigenvalue weighted by atomic mass is 10.1. The van der Waals surface area contributed by atoms with E-state index in [1.807, 2.05) is 25.1 Å². The van der Waals surface area contributed by atoms with Crippen molar-refractivity contribution in [2.24, 2.45) is 0 Å². The minimum atomic E-state index is -0.196. The Balaban J connectivity index is 2.84. The highest BCUT2D eigenvalue weighted by atomic mass is 16.1. The second-order valence-electron chi connectivity index (χ2n) is 3.59. The number of allylic oxidation sites excluding steroid dienone is 1. The van der Waals surface area contributed by atoms with Crippen LogP contribution in [0.4, 0.5) is 5.69 Å². The molecular weight excluding hydrogens is 214 g/mol. The van der Waals surface area contributed by atoms with Crippen LogP contribution in [0.5, 0.6) is 0 Å². The lowest BCUT2D eigenvalue weighted by Crippen LogP contribution is -1.93. The molecule has 0 amide bonds. The number of carbonyl (C=O) groups excluding carboxylic acids is 2. The predicted octanol–water partition coefficient (Wildman–Crippen LogP) is 2.72. The molecule has 0 atom stereocenters. The summed E-state index contributed by atoms with van der Waals surface area (Å²) in [6.45, 7) is 5.59. The molecule has 0 fully saturated rings. The number of ketones is 1. The second kappa shape index (κ2) is 6.43. The fraction of sp³-hybridized carbons (Fsp3) is 0.143. The molecule has 0 aliphatic carbocycles. The molecule has 17 heavy (non-hydrogen) atoms. The molecule has 1 N–H and O–H groups in total. The largest absolute Gasteiger partial charge is 0.362 e. The number of hydrogen-bond donors (Lipinski definition) is 1. The average Bonchev–Trinajstić information content (AvgIpc) is 2.31. The van der Waals surface area contributed by atoms with E-state index in [9.17, 15) is 9.59 Å². The van der Waals surface area contributed by atoms with E-state index in [2.05, 4.69) is 11.9 Å². The molecule has 0 aromatic heterocycles. The Morgan fingerprint density at radius 3 is 2.88 bits per heavy atom. The number of aryl methyl sites for hydroxylation is 1. The molecule has 0 unspecified atom stereocenters. The highest BCUT2D eigenvalue weighted by Gasteiger charge is 1.98. The third-order valence-corrected chi connectivity index (χ3v) is 2.27. The van der Waals surface area contributed by atoms with Crippen molar-refractivity contribution in [2.75, 3.05) is 5.32 Å². The third kappa shape index (κ3) is 4.07. The fourth-order valence-electron chi connectivity index (χ4n) is 1.35. The Morgan fingerprint density at radius 2 is 2.24 bits per heavy atom. The summed E-state index contributed by atoms with van der Waals surface area (Å²) in [5.74, 6) is -0.196. The van der Waals surface area contributed by atoms with Crippen LogP contribution in [0.2, 0.25) is 0 Å². The molecule has 88 valence electrons. The van der Waals surface area contributed by atoms with Crippen molar-refractivity contribution in [1.29, 1.82) is 0 Å². The van der Waals surface area contributed by atoms with Gasteiger partial charge in [-0.3, -0.25) is 4.79 Å². The van der Waals surface area contributed by atoms with Crippen LogP contribution in [0, 0.1) is 6.92 Å². The van der Waals surface area contributed by atoms with Gasteiger partial charge in [-0.1, -0.05) is 24.8 Å². The fourth-order valence-corrected chi connectivity index (χ4v) is 1.35. The van der Waals surface area contributed by atoms with Gasteiger partial charge in [0.1, 0.15) is 6.29 Å². The number of hydrogen-bond acceptors (Lipinski definition) is 3. The maximum atomic E-state index is 11.1. The van der Waals surface area contributed by atoms with Crippen LogP contribution in [-0.2, 0) is 9.59 Å². The Morgan fingerprint density at radius 1 is 1.47 bits per heavy atom. The van der Waals surface area contributed by atoms with Gasteiger partial charge in [0, 0.05) is 5.69 Å². The first kappa shape index (κ1) is 12.9. The van der Waals surface area contributed by atoms with Gasteiger partial charge in [0.05, 0.1) is 6.42 Å². The number of nitrogens with one attached hydrogen (secondary N) is 1. The van der Waals surface area contributed by atoms with Crippen LogP contribution in [0.1, 0.15) is 17.5 Å². The van der Waals surface area contributed by atoms with Gasteiger partial charge < -0.3 is 10.1 Å². The topological polar surface area (TPSA) is 46.2 Å². The quantitative estimate of drug-likeness (QED) is 0.463. The molecule has 1 rings (SSSR count). The zero-order chi connectivity index (χ0) is 12.7. The zero-order valence-electron chi connectivity index (χ0n) is 9.77. The van der Waals surface area contributed by atoms with Crippen LogP contribution in [-0.4, -0.2) is 12.1 Å². The Labute approximate surface area is 101 Å². The second-order valence-corrected chi connectivity index (χ2v) is 3.59. The molecule has 0 radical (unpaired) electrons. The molecule has 0 saturated carbocycles. The van der Waals surface area contributed by atoms with Gasteiger partial charge in [-0.05, 0) is 36.4 Å².